The minimum atomic E-state index is 0.394. The van der Waals surface area contributed by atoms with E-state index in [0.29, 0.717) is 11.1 Å². The molecule has 1 aromatic heterocycles. The van der Waals surface area contributed by atoms with Gasteiger partial charge in [0.25, 0.3) is 0 Å². The van der Waals surface area contributed by atoms with Gasteiger partial charge in [0, 0.05) is 13.1 Å². The van der Waals surface area contributed by atoms with Crippen LogP contribution in [0, 0.1) is 6.92 Å². The fraction of sp³-hybridized carbons (Fsp3) is 0.667. The predicted octanol–water partition coefficient (Wildman–Crippen LogP) is 1.82. The van der Waals surface area contributed by atoms with Crippen LogP contribution >= 0.6 is 11.6 Å². The Bertz CT molecular complexity index is 323. The molecule has 1 aromatic rings. The molecule has 4 nitrogen and oxygen atoms in total. The third-order valence-corrected chi connectivity index (χ3v) is 2.78. The molecular weight excluding hydrogens is 200 g/mol. The lowest BCUT2D eigenvalue weighted by atomic mass is 10.1. The van der Waals surface area contributed by atoms with Crippen LogP contribution in [0.15, 0.2) is 0 Å². The van der Waals surface area contributed by atoms with E-state index in [1.165, 1.54) is 19.3 Å². The Morgan fingerprint density at radius 1 is 1.14 bits per heavy atom. The maximum Gasteiger partial charge on any atom is 0.245 e. The number of piperidine rings is 1. The molecule has 1 saturated heterocycles. The normalized spacial score (nSPS) is 17.1. The highest BCUT2D eigenvalue weighted by Gasteiger charge is 2.14. The molecule has 0 radical (unpaired) electrons. The smallest absolute Gasteiger partial charge is 0.245 e. The fourth-order valence-electron chi connectivity index (χ4n) is 1.61. The molecule has 0 aromatic carbocycles. The SMILES string of the molecule is Cc1nc(N2CCCCC2)nnc1Cl. The Kier molecular flexibility index (Phi) is 2.82. The predicted molar refractivity (Wildman–Crippen MR) is 55.6 cm³/mol. The molecule has 0 bridgehead atoms. The van der Waals surface area contributed by atoms with Crippen LogP contribution in [-0.2, 0) is 0 Å². The van der Waals surface area contributed by atoms with Crippen molar-refractivity contribution < 1.29 is 0 Å². The second kappa shape index (κ2) is 4.09. The molecule has 2 rings (SSSR count). The Morgan fingerprint density at radius 3 is 2.50 bits per heavy atom. The molecule has 0 amide bonds. The monoisotopic (exact) mass is 212 g/mol. The lowest BCUT2D eigenvalue weighted by Crippen LogP contribution is -2.31. The van der Waals surface area contributed by atoms with Crippen molar-refractivity contribution in [2.45, 2.75) is 26.2 Å². The number of anilines is 1. The molecule has 2 heterocycles. The first kappa shape index (κ1) is 9.65. The number of aromatic nitrogens is 3. The summed E-state index contributed by atoms with van der Waals surface area (Å²) in [5.41, 5.74) is 0.752. The summed E-state index contributed by atoms with van der Waals surface area (Å²) in [6.45, 7) is 3.91. The van der Waals surface area contributed by atoms with Gasteiger partial charge in [0.05, 0.1) is 5.69 Å². The fourth-order valence-corrected chi connectivity index (χ4v) is 1.69. The Labute approximate surface area is 88.3 Å². The van der Waals surface area contributed by atoms with Gasteiger partial charge < -0.3 is 4.90 Å². The minimum absolute atomic E-state index is 0.394. The van der Waals surface area contributed by atoms with Gasteiger partial charge >= 0.3 is 0 Å². The van der Waals surface area contributed by atoms with Crippen molar-refractivity contribution in [3.05, 3.63) is 10.8 Å². The van der Waals surface area contributed by atoms with Crippen molar-refractivity contribution in [3.8, 4) is 0 Å². The molecule has 1 aliphatic rings. The zero-order valence-corrected chi connectivity index (χ0v) is 8.96. The van der Waals surface area contributed by atoms with Gasteiger partial charge in [-0.25, -0.2) is 4.98 Å². The van der Waals surface area contributed by atoms with Crippen molar-refractivity contribution in [2.24, 2.45) is 0 Å². The number of rotatable bonds is 1. The van der Waals surface area contributed by atoms with E-state index < -0.39 is 0 Å². The van der Waals surface area contributed by atoms with Crippen LogP contribution in [0.1, 0.15) is 25.0 Å². The van der Waals surface area contributed by atoms with Crippen molar-refractivity contribution in [2.75, 3.05) is 18.0 Å². The van der Waals surface area contributed by atoms with Gasteiger partial charge in [0.15, 0.2) is 5.15 Å². The van der Waals surface area contributed by atoms with Crippen molar-refractivity contribution in [1.29, 1.82) is 0 Å². The molecule has 1 fully saturated rings. The third-order valence-electron chi connectivity index (χ3n) is 2.43. The number of hydrogen-bond acceptors (Lipinski definition) is 4. The molecule has 0 unspecified atom stereocenters. The summed E-state index contributed by atoms with van der Waals surface area (Å²) >= 11 is 5.76. The zero-order chi connectivity index (χ0) is 9.97. The number of aryl methyl sites for hydroxylation is 1. The Balaban J connectivity index is 2.18. The molecular formula is C9H13ClN4. The molecule has 0 saturated carbocycles. The highest BCUT2D eigenvalue weighted by molar-refractivity contribution is 6.29. The Morgan fingerprint density at radius 2 is 1.86 bits per heavy atom. The van der Waals surface area contributed by atoms with E-state index in [1.54, 1.807) is 0 Å². The summed E-state index contributed by atoms with van der Waals surface area (Å²) in [7, 11) is 0. The lowest BCUT2D eigenvalue weighted by Gasteiger charge is -2.26. The van der Waals surface area contributed by atoms with Crippen LogP contribution in [0.5, 0.6) is 0 Å². The van der Waals surface area contributed by atoms with Gasteiger partial charge in [-0.05, 0) is 26.2 Å². The number of halogens is 1. The van der Waals surface area contributed by atoms with E-state index in [1.807, 2.05) is 6.92 Å². The first-order valence-electron chi connectivity index (χ1n) is 4.89. The summed E-state index contributed by atoms with van der Waals surface area (Å²) in [6.07, 6.45) is 3.73. The number of nitrogens with zero attached hydrogens (tertiary/aromatic N) is 4. The van der Waals surface area contributed by atoms with Crippen molar-refractivity contribution in [1.82, 2.24) is 15.2 Å². The van der Waals surface area contributed by atoms with E-state index in [0.717, 1.165) is 18.8 Å². The summed E-state index contributed by atoms with van der Waals surface area (Å²) in [5.74, 6) is 0.714. The van der Waals surface area contributed by atoms with Crippen LogP contribution in [0.2, 0.25) is 5.15 Å². The molecule has 0 N–H and O–H groups in total. The largest absolute Gasteiger partial charge is 0.340 e. The van der Waals surface area contributed by atoms with E-state index >= 15 is 0 Å². The molecule has 5 heteroatoms. The summed E-state index contributed by atoms with van der Waals surface area (Å²) in [4.78, 5) is 6.48. The first-order valence-corrected chi connectivity index (χ1v) is 5.27. The quantitative estimate of drug-likeness (QED) is 0.712. The highest BCUT2D eigenvalue weighted by Crippen LogP contribution is 2.16. The van der Waals surface area contributed by atoms with Crippen LogP contribution in [0.25, 0.3) is 0 Å². The number of hydrogen-bond donors (Lipinski definition) is 0. The van der Waals surface area contributed by atoms with Crippen LogP contribution < -0.4 is 4.90 Å². The van der Waals surface area contributed by atoms with E-state index in [2.05, 4.69) is 20.1 Å². The maximum absolute atomic E-state index is 5.76. The van der Waals surface area contributed by atoms with Crippen LogP contribution in [0.3, 0.4) is 0 Å². The Hall–Kier alpha value is -0.900. The third kappa shape index (κ3) is 1.95. The summed E-state index contributed by atoms with van der Waals surface area (Å²) in [5, 5.41) is 8.25. The van der Waals surface area contributed by atoms with Crippen molar-refractivity contribution >= 4 is 17.5 Å². The van der Waals surface area contributed by atoms with Crippen LogP contribution in [0.4, 0.5) is 5.95 Å². The molecule has 0 atom stereocenters. The molecule has 14 heavy (non-hydrogen) atoms. The average molecular weight is 213 g/mol. The topological polar surface area (TPSA) is 41.9 Å². The summed E-state index contributed by atoms with van der Waals surface area (Å²) in [6, 6.07) is 0. The van der Waals surface area contributed by atoms with Gasteiger partial charge in [-0.15, -0.1) is 10.2 Å². The van der Waals surface area contributed by atoms with Gasteiger partial charge in [-0.2, -0.15) is 0 Å². The standard InChI is InChI=1S/C9H13ClN4/c1-7-8(10)12-13-9(11-7)14-5-3-2-4-6-14/h2-6H2,1H3. The van der Waals surface area contributed by atoms with E-state index in [4.69, 9.17) is 11.6 Å². The second-order valence-corrected chi connectivity index (χ2v) is 3.89. The van der Waals surface area contributed by atoms with E-state index in [9.17, 15) is 0 Å². The van der Waals surface area contributed by atoms with Gasteiger partial charge in [-0.1, -0.05) is 11.6 Å². The van der Waals surface area contributed by atoms with E-state index in [-0.39, 0.29) is 0 Å². The van der Waals surface area contributed by atoms with Gasteiger partial charge in [0.2, 0.25) is 5.95 Å². The molecule has 0 aliphatic carbocycles. The summed E-state index contributed by atoms with van der Waals surface area (Å²) < 4.78 is 0. The molecule has 1 aliphatic heterocycles. The molecule has 0 spiro atoms. The van der Waals surface area contributed by atoms with Gasteiger partial charge in [-0.3, -0.25) is 0 Å². The first-order chi connectivity index (χ1) is 6.77. The second-order valence-electron chi connectivity index (χ2n) is 3.54. The van der Waals surface area contributed by atoms with Crippen molar-refractivity contribution in [3.63, 3.8) is 0 Å². The lowest BCUT2D eigenvalue weighted by molar-refractivity contribution is 0.564. The van der Waals surface area contributed by atoms with Crippen LogP contribution in [-0.4, -0.2) is 28.3 Å². The average Bonchev–Trinajstić information content (AvgIpc) is 2.23. The van der Waals surface area contributed by atoms with Gasteiger partial charge in [0.1, 0.15) is 0 Å². The molecule has 76 valence electrons. The minimum Gasteiger partial charge on any atom is -0.340 e. The maximum atomic E-state index is 5.76. The highest BCUT2D eigenvalue weighted by atomic mass is 35.5. The zero-order valence-electron chi connectivity index (χ0n) is 8.20.